The molecule has 0 spiro atoms. The first-order valence-corrected chi connectivity index (χ1v) is 9.32. The summed E-state index contributed by atoms with van der Waals surface area (Å²) in [6, 6.07) is 5.73. The van der Waals surface area contributed by atoms with Crippen molar-refractivity contribution < 1.29 is 19.0 Å². The molecule has 0 bridgehead atoms. The van der Waals surface area contributed by atoms with Gasteiger partial charge in [-0.25, -0.2) is 9.97 Å². The molecule has 2 aromatic rings. The fraction of sp³-hybridized carbons (Fsp3) is 0.389. The molecule has 0 saturated carbocycles. The van der Waals surface area contributed by atoms with Crippen molar-refractivity contribution in [2.75, 3.05) is 26.3 Å². The van der Waals surface area contributed by atoms with E-state index >= 15 is 0 Å². The smallest absolute Gasteiger partial charge is 0.316 e. The van der Waals surface area contributed by atoms with E-state index in [4.69, 9.17) is 14.2 Å². The maximum atomic E-state index is 13.0. The maximum Gasteiger partial charge on any atom is 0.316 e. The molecule has 136 valence electrons. The largest absolute Gasteiger partial charge is 0.486 e. The number of halogens is 1. The van der Waals surface area contributed by atoms with Gasteiger partial charge >= 0.3 is 6.01 Å². The van der Waals surface area contributed by atoms with Gasteiger partial charge in [0.25, 0.3) is 5.91 Å². The van der Waals surface area contributed by atoms with E-state index in [9.17, 15) is 4.79 Å². The van der Waals surface area contributed by atoms with Crippen LogP contribution in [0.4, 0.5) is 0 Å². The average Bonchev–Trinajstić information content (AvgIpc) is 2.69. The number of likely N-dealkylation sites (tertiary alicyclic amines) is 1. The van der Waals surface area contributed by atoms with E-state index in [0.29, 0.717) is 49.4 Å². The van der Waals surface area contributed by atoms with Crippen LogP contribution < -0.4 is 14.2 Å². The summed E-state index contributed by atoms with van der Waals surface area (Å²) in [5.41, 5.74) is 0.530. The van der Waals surface area contributed by atoms with Crippen molar-refractivity contribution in [2.24, 2.45) is 0 Å². The van der Waals surface area contributed by atoms with Gasteiger partial charge in [-0.1, -0.05) is 6.07 Å². The molecular weight excluding hydrogens is 402 g/mol. The number of para-hydroxylation sites is 1. The van der Waals surface area contributed by atoms with Crippen molar-refractivity contribution in [3.63, 3.8) is 0 Å². The number of fused-ring (bicyclic) bond motifs is 1. The van der Waals surface area contributed by atoms with Gasteiger partial charge in [0.1, 0.15) is 19.3 Å². The zero-order valence-electron chi connectivity index (χ0n) is 14.1. The zero-order chi connectivity index (χ0) is 17.9. The SMILES string of the molecule is O=C(c1cccc2c1OCCO2)N1CCCC(Oc2ncc(Br)cn2)C1. The number of hydrogen-bond acceptors (Lipinski definition) is 6. The van der Waals surface area contributed by atoms with Crippen LogP contribution in [0.1, 0.15) is 23.2 Å². The number of piperidine rings is 1. The summed E-state index contributed by atoms with van der Waals surface area (Å²) in [7, 11) is 0. The Morgan fingerprint density at radius 1 is 1.23 bits per heavy atom. The molecule has 0 aliphatic carbocycles. The summed E-state index contributed by atoms with van der Waals surface area (Å²) in [6.45, 7) is 2.12. The van der Waals surface area contributed by atoms with Gasteiger partial charge in [-0.05, 0) is 40.9 Å². The highest BCUT2D eigenvalue weighted by atomic mass is 79.9. The minimum absolute atomic E-state index is 0.0719. The van der Waals surface area contributed by atoms with Crippen molar-refractivity contribution in [3.8, 4) is 17.5 Å². The van der Waals surface area contributed by atoms with Gasteiger partial charge in [0, 0.05) is 18.9 Å². The van der Waals surface area contributed by atoms with Crippen molar-refractivity contribution in [2.45, 2.75) is 18.9 Å². The van der Waals surface area contributed by atoms with Crippen LogP contribution in [0.15, 0.2) is 35.1 Å². The highest BCUT2D eigenvalue weighted by molar-refractivity contribution is 9.10. The third-order valence-electron chi connectivity index (χ3n) is 4.33. The normalized spacial score (nSPS) is 19.1. The standard InChI is InChI=1S/C18H18BrN3O4/c19-12-9-20-18(21-10-12)26-13-3-2-6-22(11-13)17(23)14-4-1-5-15-16(14)25-8-7-24-15/h1,4-5,9-10,13H,2-3,6-8,11H2. The lowest BCUT2D eigenvalue weighted by Crippen LogP contribution is -2.44. The maximum absolute atomic E-state index is 13.0. The second-order valence-corrected chi connectivity index (χ2v) is 7.06. The Morgan fingerprint density at radius 2 is 2.04 bits per heavy atom. The van der Waals surface area contributed by atoms with Crippen molar-refractivity contribution in [1.82, 2.24) is 14.9 Å². The number of nitrogens with zero attached hydrogens (tertiary/aromatic N) is 3. The lowest BCUT2D eigenvalue weighted by atomic mass is 10.1. The quantitative estimate of drug-likeness (QED) is 0.761. The van der Waals surface area contributed by atoms with Gasteiger partial charge in [-0.3, -0.25) is 4.79 Å². The molecule has 4 rings (SSSR count). The van der Waals surface area contributed by atoms with Crippen LogP contribution in [0.5, 0.6) is 17.5 Å². The number of rotatable bonds is 3. The first kappa shape index (κ1) is 17.1. The van der Waals surface area contributed by atoms with Crippen LogP contribution in [0, 0.1) is 0 Å². The van der Waals surface area contributed by atoms with Crippen LogP contribution in [0.25, 0.3) is 0 Å². The van der Waals surface area contributed by atoms with Crippen molar-refractivity contribution >= 4 is 21.8 Å². The first-order valence-electron chi connectivity index (χ1n) is 8.53. The molecule has 3 heterocycles. The minimum Gasteiger partial charge on any atom is -0.486 e. The number of amides is 1. The first-order chi connectivity index (χ1) is 12.7. The van der Waals surface area contributed by atoms with Gasteiger partial charge in [-0.2, -0.15) is 0 Å². The molecule has 1 amide bonds. The third-order valence-corrected chi connectivity index (χ3v) is 4.74. The monoisotopic (exact) mass is 419 g/mol. The summed E-state index contributed by atoms with van der Waals surface area (Å²) < 4.78 is 17.9. The molecule has 8 heteroatoms. The second kappa shape index (κ2) is 7.49. The zero-order valence-corrected chi connectivity index (χ0v) is 15.6. The molecule has 0 radical (unpaired) electrons. The molecule has 1 aromatic carbocycles. The third kappa shape index (κ3) is 3.60. The number of ether oxygens (including phenoxy) is 3. The molecule has 1 aromatic heterocycles. The Kier molecular flexibility index (Phi) is 4.92. The number of carbonyl (C=O) groups is 1. The van der Waals surface area contributed by atoms with E-state index in [0.717, 1.165) is 17.3 Å². The molecule has 1 unspecified atom stereocenters. The van der Waals surface area contributed by atoms with E-state index in [-0.39, 0.29) is 12.0 Å². The summed E-state index contributed by atoms with van der Waals surface area (Å²) in [6.07, 6.45) is 4.86. The van der Waals surface area contributed by atoms with Crippen LogP contribution in [-0.4, -0.2) is 53.2 Å². The van der Waals surface area contributed by atoms with Crippen molar-refractivity contribution in [3.05, 3.63) is 40.6 Å². The number of hydrogen-bond donors (Lipinski definition) is 0. The fourth-order valence-electron chi connectivity index (χ4n) is 3.14. The molecule has 26 heavy (non-hydrogen) atoms. The van der Waals surface area contributed by atoms with E-state index < -0.39 is 0 Å². The Bertz CT molecular complexity index is 800. The van der Waals surface area contributed by atoms with Gasteiger partial charge in [-0.15, -0.1) is 0 Å². The van der Waals surface area contributed by atoms with Crippen LogP contribution in [0.3, 0.4) is 0 Å². The number of carbonyl (C=O) groups excluding carboxylic acids is 1. The predicted octanol–water partition coefficient (Wildman–Crippen LogP) is 2.69. The van der Waals surface area contributed by atoms with Crippen molar-refractivity contribution in [1.29, 1.82) is 0 Å². The van der Waals surface area contributed by atoms with E-state index in [1.165, 1.54) is 0 Å². The molecule has 2 aliphatic heterocycles. The highest BCUT2D eigenvalue weighted by Gasteiger charge is 2.29. The lowest BCUT2D eigenvalue weighted by molar-refractivity contribution is 0.0508. The number of benzene rings is 1. The lowest BCUT2D eigenvalue weighted by Gasteiger charge is -2.33. The molecular formula is C18H18BrN3O4. The number of aromatic nitrogens is 2. The minimum atomic E-state index is -0.134. The van der Waals surface area contributed by atoms with Gasteiger partial charge in [0.2, 0.25) is 0 Å². The van der Waals surface area contributed by atoms with E-state index in [2.05, 4.69) is 25.9 Å². The van der Waals surface area contributed by atoms with Gasteiger partial charge in [0.15, 0.2) is 11.5 Å². The molecule has 0 N–H and O–H groups in total. The van der Waals surface area contributed by atoms with Gasteiger partial charge in [0.05, 0.1) is 16.6 Å². The second-order valence-electron chi connectivity index (χ2n) is 6.15. The Morgan fingerprint density at radius 3 is 2.88 bits per heavy atom. The predicted molar refractivity (Wildman–Crippen MR) is 96.7 cm³/mol. The fourth-order valence-corrected chi connectivity index (χ4v) is 3.35. The van der Waals surface area contributed by atoms with E-state index in [1.54, 1.807) is 23.4 Å². The Labute approximate surface area is 159 Å². The topological polar surface area (TPSA) is 73.8 Å². The van der Waals surface area contributed by atoms with Crippen LogP contribution in [-0.2, 0) is 0 Å². The summed E-state index contributed by atoms with van der Waals surface area (Å²) >= 11 is 3.30. The van der Waals surface area contributed by atoms with Gasteiger partial charge < -0.3 is 19.1 Å². The summed E-state index contributed by atoms with van der Waals surface area (Å²) in [5.74, 6) is 1.08. The van der Waals surface area contributed by atoms with Crippen LogP contribution >= 0.6 is 15.9 Å². The molecule has 7 nitrogen and oxygen atoms in total. The Hall–Kier alpha value is -2.35. The molecule has 1 atom stereocenters. The van der Waals surface area contributed by atoms with Crippen LogP contribution in [0.2, 0.25) is 0 Å². The summed E-state index contributed by atoms with van der Waals surface area (Å²) in [4.78, 5) is 23.1. The molecule has 1 fully saturated rings. The molecule has 1 saturated heterocycles. The Balaban J connectivity index is 1.47. The average molecular weight is 420 g/mol. The highest BCUT2D eigenvalue weighted by Crippen LogP contribution is 2.34. The van der Waals surface area contributed by atoms with E-state index in [1.807, 2.05) is 12.1 Å². The molecule has 2 aliphatic rings. The summed E-state index contributed by atoms with van der Waals surface area (Å²) in [5, 5.41) is 0.